The number of carboxylic acid groups (broad SMARTS) is 1. The van der Waals surface area contributed by atoms with Crippen molar-refractivity contribution in [3.63, 3.8) is 0 Å². The molecule has 6 nitrogen and oxygen atoms in total. The summed E-state index contributed by atoms with van der Waals surface area (Å²) in [7, 11) is 0. The van der Waals surface area contributed by atoms with Gasteiger partial charge >= 0.3 is 5.97 Å². The molecule has 1 atom stereocenters. The Bertz CT molecular complexity index is 907. The zero-order valence-electron chi connectivity index (χ0n) is 14.7. The molecule has 1 aliphatic carbocycles. The number of amides is 1. The average molecular weight is 390 g/mol. The molecule has 0 aromatic heterocycles. The highest BCUT2D eigenvalue weighted by Gasteiger charge is 2.53. The molecular weight excluding hydrogens is 370 g/mol. The number of benzene rings is 2. The van der Waals surface area contributed by atoms with E-state index in [-0.39, 0.29) is 17.9 Å². The van der Waals surface area contributed by atoms with Gasteiger partial charge in [0.25, 0.3) is 0 Å². The number of phenols is 2. The lowest BCUT2D eigenvalue weighted by molar-refractivity contribution is -0.142. The second-order valence-corrected chi connectivity index (χ2v) is 7.37. The van der Waals surface area contributed by atoms with Crippen LogP contribution in [0.25, 0.3) is 0 Å². The molecule has 2 aromatic rings. The van der Waals surface area contributed by atoms with Crippen molar-refractivity contribution >= 4 is 23.5 Å². The van der Waals surface area contributed by atoms with Gasteiger partial charge in [-0.2, -0.15) is 0 Å². The SMILES string of the molecule is Cc1cc(CC(NC(=O)C2(c3ccc(Cl)cc3O)CC2)C(=O)O)ccc1O. The van der Waals surface area contributed by atoms with Gasteiger partial charge in [-0.1, -0.05) is 29.8 Å². The summed E-state index contributed by atoms with van der Waals surface area (Å²) < 4.78 is 0. The molecule has 0 spiro atoms. The standard InChI is InChI=1S/C20H20ClNO5/c1-11-8-12(2-5-16(11)23)9-15(18(25)26)22-19(27)20(6-7-20)14-4-3-13(21)10-17(14)24/h2-5,8,10,15,23-24H,6-7,9H2,1H3,(H,22,27)(H,25,26). The summed E-state index contributed by atoms with van der Waals surface area (Å²) in [5, 5.41) is 32.2. The predicted molar refractivity (Wildman–Crippen MR) is 100 cm³/mol. The number of carboxylic acids is 1. The number of nitrogens with one attached hydrogen (secondary N) is 1. The zero-order chi connectivity index (χ0) is 19.8. The number of aromatic hydroxyl groups is 2. The van der Waals surface area contributed by atoms with E-state index in [4.69, 9.17) is 11.6 Å². The first-order valence-corrected chi connectivity index (χ1v) is 8.92. The van der Waals surface area contributed by atoms with Crippen LogP contribution in [0.5, 0.6) is 11.5 Å². The number of aryl methyl sites for hydroxylation is 1. The van der Waals surface area contributed by atoms with Crippen molar-refractivity contribution in [2.45, 2.75) is 37.6 Å². The molecule has 142 valence electrons. The summed E-state index contributed by atoms with van der Waals surface area (Å²) in [6, 6.07) is 8.27. The number of halogens is 1. The molecule has 7 heteroatoms. The minimum absolute atomic E-state index is 0.0730. The summed E-state index contributed by atoms with van der Waals surface area (Å²) in [5.41, 5.74) is 0.853. The van der Waals surface area contributed by atoms with Crippen LogP contribution in [-0.2, 0) is 21.4 Å². The molecule has 0 bridgehead atoms. The molecule has 0 saturated heterocycles. The molecular formula is C20H20ClNO5. The summed E-state index contributed by atoms with van der Waals surface area (Å²) in [6.45, 7) is 1.72. The molecule has 1 saturated carbocycles. The van der Waals surface area contributed by atoms with Crippen molar-refractivity contribution < 1.29 is 24.9 Å². The third-order valence-corrected chi connectivity index (χ3v) is 5.20. The van der Waals surface area contributed by atoms with Crippen molar-refractivity contribution in [1.29, 1.82) is 0 Å². The molecule has 0 heterocycles. The van der Waals surface area contributed by atoms with E-state index in [0.29, 0.717) is 34.6 Å². The van der Waals surface area contributed by atoms with E-state index < -0.39 is 23.3 Å². The lowest BCUT2D eigenvalue weighted by atomic mass is 9.93. The van der Waals surface area contributed by atoms with Gasteiger partial charge in [-0.25, -0.2) is 4.79 Å². The van der Waals surface area contributed by atoms with E-state index in [1.165, 1.54) is 12.1 Å². The molecule has 27 heavy (non-hydrogen) atoms. The quantitative estimate of drug-likeness (QED) is 0.607. The van der Waals surface area contributed by atoms with Gasteiger partial charge < -0.3 is 20.6 Å². The Kier molecular flexibility index (Phi) is 5.02. The number of hydrogen-bond acceptors (Lipinski definition) is 4. The van der Waals surface area contributed by atoms with Gasteiger partial charge in [0.05, 0.1) is 5.41 Å². The Labute approximate surface area is 161 Å². The summed E-state index contributed by atoms with van der Waals surface area (Å²) in [4.78, 5) is 24.5. The molecule has 2 aromatic carbocycles. The highest BCUT2D eigenvalue weighted by molar-refractivity contribution is 6.30. The number of phenolic OH excluding ortho intramolecular Hbond substituents is 2. The van der Waals surface area contributed by atoms with Crippen LogP contribution in [0.4, 0.5) is 0 Å². The van der Waals surface area contributed by atoms with E-state index in [1.807, 2.05) is 0 Å². The van der Waals surface area contributed by atoms with Crippen LogP contribution in [0.1, 0.15) is 29.5 Å². The first kappa shape index (κ1) is 19.0. The van der Waals surface area contributed by atoms with Crippen LogP contribution in [0.2, 0.25) is 5.02 Å². The smallest absolute Gasteiger partial charge is 0.326 e. The molecule has 1 unspecified atom stereocenters. The van der Waals surface area contributed by atoms with Crippen molar-refractivity contribution in [2.24, 2.45) is 0 Å². The Morgan fingerprint density at radius 3 is 2.41 bits per heavy atom. The van der Waals surface area contributed by atoms with E-state index in [2.05, 4.69) is 5.32 Å². The van der Waals surface area contributed by atoms with Crippen molar-refractivity contribution in [2.75, 3.05) is 0 Å². The Balaban J connectivity index is 1.79. The first-order valence-electron chi connectivity index (χ1n) is 8.54. The highest BCUT2D eigenvalue weighted by Crippen LogP contribution is 2.51. The number of hydrogen-bond donors (Lipinski definition) is 4. The highest BCUT2D eigenvalue weighted by atomic mass is 35.5. The predicted octanol–water partition coefficient (Wildman–Crippen LogP) is 2.90. The number of aliphatic carboxylic acids is 1. The number of rotatable bonds is 6. The fourth-order valence-corrected chi connectivity index (χ4v) is 3.40. The van der Waals surface area contributed by atoms with Gasteiger partial charge in [0.2, 0.25) is 5.91 Å². The van der Waals surface area contributed by atoms with Gasteiger partial charge in [0, 0.05) is 17.0 Å². The maximum atomic E-state index is 12.8. The maximum absolute atomic E-state index is 12.8. The molecule has 0 radical (unpaired) electrons. The summed E-state index contributed by atoms with van der Waals surface area (Å²) in [6.07, 6.45) is 1.14. The van der Waals surface area contributed by atoms with Crippen LogP contribution in [0, 0.1) is 6.92 Å². The molecule has 1 fully saturated rings. The van der Waals surface area contributed by atoms with Gasteiger partial charge in [-0.15, -0.1) is 0 Å². The Morgan fingerprint density at radius 2 is 1.85 bits per heavy atom. The minimum atomic E-state index is -1.15. The van der Waals surface area contributed by atoms with Crippen molar-refractivity contribution in [3.05, 3.63) is 58.1 Å². The third-order valence-electron chi connectivity index (χ3n) is 4.96. The topological polar surface area (TPSA) is 107 Å². The summed E-state index contributed by atoms with van der Waals surface area (Å²) in [5.74, 6) is -1.52. The summed E-state index contributed by atoms with van der Waals surface area (Å²) >= 11 is 5.85. The van der Waals surface area contributed by atoms with Crippen molar-refractivity contribution in [1.82, 2.24) is 5.32 Å². The second-order valence-electron chi connectivity index (χ2n) is 6.93. The van der Waals surface area contributed by atoms with E-state index in [0.717, 1.165) is 0 Å². The van der Waals surface area contributed by atoms with Crippen LogP contribution in [-0.4, -0.2) is 33.2 Å². The van der Waals surface area contributed by atoms with Crippen molar-refractivity contribution in [3.8, 4) is 11.5 Å². The third kappa shape index (κ3) is 3.85. The Hall–Kier alpha value is -2.73. The van der Waals surface area contributed by atoms with Crippen LogP contribution in [0.3, 0.4) is 0 Å². The van der Waals surface area contributed by atoms with Crippen LogP contribution in [0.15, 0.2) is 36.4 Å². The Morgan fingerprint density at radius 1 is 1.15 bits per heavy atom. The van der Waals surface area contributed by atoms with E-state index in [1.54, 1.807) is 31.2 Å². The average Bonchev–Trinajstić information content (AvgIpc) is 3.39. The molecule has 1 aliphatic rings. The normalized spacial score (nSPS) is 15.8. The van der Waals surface area contributed by atoms with Crippen LogP contribution < -0.4 is 5.32 Å². The zero-order valence-corrected chi connectivity index (χ0v) is 15.5. The molecule has 1 amide bonds. The van der Waals surface area contributed by atoms with Crippen LogP contribution >= 0.6 is 11.6 Å². The van der Waals surface area contributed by atoms with Gasteiger partial charge in [-0.05, 0) is 49.1 Å². The molecule has 3 rings (SSSR count). The van der Waals surface area contributed by atoms with Gasteiger partial charge in [0.15, 0.2) is 0 Å². The number of carbonyl (C=O) groups is 2. The largest absolute Gasteiger partial charge is 0.508 e. The first-order chi connectivity index (χ1) is 12.7. The minimum Gasteiger partial charge on any atom is -0.508 e. The lowest BCUT2D eigenvalue weighted by Crippen LogP contribution is -2.46. The monoisotopic (exact) mass is 389 g/mol. The molecule has 0 aliphatic heterocycles. The second kappa shape index (κ2) is 7.12. The fraction of sp³-hybridized carbons (Fsp3) is 0.300. The number of carbonyl (C=O) groups excluding carboxylic acids is 1. The van der Waals surface area contributed by atoms with E-state index in [9.17, 15) is 24.9 Å². The van der Waals surface area contributed by atoms with Gasteiger partial charge in [0.1, 0.15) is 17.5 Å². The lowest BCUT2D eigenvalue weighted by Gasteiger charge is -2.21. The van der Waals surface area contributed by atoms with Gasteiger partial charge in [-0.3, -0.25) is 4.79 Å². The maximum Gasteiger partial charge on any atom is 0.326 e. The van der Waals surface area contributed by atoms with E-state index >= 15 is 0 Å². The fourth-order valence-electron chi connectivity index (χ4n) is 3.23. The molecule has 4 N–H and O–H groups in total.